The van der Waals surface area contributed by atoms with E-state index in [0.29, 0.717) is 12.0 Å². The number of ketones is 1. The zero-order chi connectivity index (χ0) is 15.1. The second kappa shape index (κ2) is 7.72. The average Bonchev–Trinajstić information content (AvgIpc) is 2.57. The summed E-state index contributed by atoms with van der Waals surface area (Å²) in [4.78, 5) is 12.8. The summed E-state index contributed by atoms with van der Waals surface area (Å²) in [6, 6.07) is 19.1. The smallest absolute Gasteiger partial charge is 0.170 e. The number of ether oxygens (including phenoxy) is 2. The largest absolute Gasteiger partial charge is 0.356 e. The first kappa shape index (κ1) is 15.4. The van der Waals surface area contributed by atoms with Gasteiger partial charge in [0, 0.05) is 26.2 Å². The molecule has 0 bridgehead atoms. The molecule has 0 aromatic heterocycles. The molecule has 3 nitrogen and oxygen atoms in total. The summed E-state index contributed by atoms with van der Waals surface area (Å²) in [6.07, 6.45) is 0.0907. The molecule has 0 fully saturated rings. The van der Waals surface area contributed by atoms with E-state index in [2.05, 4.69) is 0 Å². The van der Waals surface area contributed by atoms with Crippen molar-refractivity contribution in [3.05, 3.63) is 71.8 Å². The summed E-state index contributed by atoms with van der Waals surface area (Å²) in [5, 5.41) is 0. The van der Waals surface area contributed by atoms with E-state index < -0.39 is 6.29 Å². The van der Waals surface area contributed by atoms with Crippen LogP contribution in [0.5, 0.6) is 0 Å². The maximum Gasteiger partial charge on any atom is 0.170 e. The first-order valence-corrected chi connectivity index (χ1v) is 6.96. The molecular formula is C18H20O3. The molecule has 3 heteroatoms. The number of carbonyl (C=O) groups is 1. The van der Waals surface area contributed by atoms with Gasteiger partial charge in [0.1, 0.15) is 0 Å². The number of carbonyl (C=O) groups excluding carboxylic acids is 1. The number of rotatable bonds is 7. The lowest BCUT2D eigenvalue weighted by molar-refractivity contribution is -0.108. The van der Waals surface area contributed by atoms with E-state index in [-0.39, 0.29) is 11.7 Å². The number of hydrogen-bond acceptors (Lipinski definition) is 3. The molecule has 0 aliphatic carbocycles. The van der Waals surface area contributed by atoms with Crippen molar-refractivity contribution < 1.29 is 14.3 Å². The van der Waals surface area contributed by atoms with Crippen molar-refractivity contribution in [3.8, 4) is 0 Å². The minimum atomic E-state index is -0.400. The standard InChI is InChI=1S/C18H20O3/c1-20-17(21-2)13-16(14-9-5-3-6-10-14)18(19)15-11-7-4-8-12-15/h3-12,16-17H,13H2,1-2H3. The highest BCUT2D eigenvalue weighted by molar-refractivity contribution is 6.00. The first-order valence-electron chi connectivity index (χ1n) is 6.96. The molecule has 0 N–H and O–H groups in total. The Hall–Kier alpha value is -1.97. The van der Waals surface area contributed by atoms with Crippen molar-refractivity contribution in [2.24, 2.45) is 0 Å². The molecule has 0 heterocycles. The molecule has 1 unspecified atom stereocenters. The minimum absolute atomic E-state index is 0.0842. The van der Waals surface area contributed by atoms with Crippen LogP contribution < -0.4 is 0 Å². The minimum Gasteiger partial charge on any atom is -0.356 e. The van der Waals surface area contributed by atoms with Crippen molar-refractivity contribution in [1.82, 2.24) is 0 Å². The Morgan fingerprint density at radius 3 is 1.95 bits per heavy atom. The van der Waals surface area contributed by atoms with Crippen molar-refractivity contribution in [3.63, 3.8) is 0 Å². The van der Waals surface area contributed by atoms with E-state index in [0.717, 1.165) is 5.56 Å². The zero-order valence-corrected chi connectivity index (χ0v) is 12.4. The summed E-state index contributed by atoms with van der Waals surface area (Å²) >= 11 is 0. The van der Waals surface area contributed by atoms with Crippen LogP contribution >= 0.6 is 0 Å². The van der Waals surface area contributed by atoms with Crippen molar-refractivity contribution >= 4 is 5.78 Å². The molecule has 0 radical (unpaired) electrons. The zero-order valence-electron chi connectivity index (χ0n) is 12.4. The summed E-state index contributed by atoms with van der Waals surface area (Å²) in [7, 11) is 3.17. The van der Waals surface area contributed by atoms with Crippen molar-refractivity contribution in [1.29, 1.82) is 0 Å². The van der Waals surface area contributed by atoms with E-state index in [1.54, 1.807) is 14.2 Å². The van der Waals surface area contributed by atoms with Crippen LogP contribution in [0.4, 0.5) is 0 Å². The van der Waals surface area contributed by atoms with Gasteiger partial charge in [0.2, 0.25) is 0 Å². The van der Waals surface area contributed by atoms with E-state index in [9.17, 15) is 4.79 Å². The lowest BCUT2D eigenvalue weighted by Crippen LogP contribution is -2.22. The lowest BCUT2D eigenvalue weighted by Gasteiger charge is -2.21. The molecular weight excluding hydrogens is 264 g/mol. The van der Waals surface area contributed by atoms with Gasteiger partial charge in [0.05, 0.1) is 5.92 Å². The Bertz CT molecular complexity index is 547. The topological polar surface area (TPSA) is 35.5 Å². The molecule has 1 atom stereocenters. The fraction of sp³-hybridized carbons (Fsp3) is 0.278. The summed E-state index contributed by atoms with van der Waals surface area (Å²) in [5.41, 5.74) is 1.68. The van der Waals surface area contributed by atoms with Gasteiger partial charge in [-0.2, -0.15) is 0 Å². The number of benzene rings is 2. The number of hydrogen-bond donors (Lipinski definition) is 0. The highest BCUT2D eigenvalue weighted by Gasteiger charge is 2.25. The number of methoxy groups -OCH3 is 2. The molecule has 0 amide bonds. The van der Waals surface area contributed by atoms with Gasteiger partial charge < -0.3 is 9.47 Å². The second-order valence-corrected chi connectivity index (χ2v) is 4.83. The second-order valence-electron chi connectivity index (χ2n) is 4.83. The third kappa shape index (κ3) is 4.00. The van der Waals surface area contributed by atoms with Crippen LogP contribution in [0.2, 0.25) is 0 Å². The van der Waals surface area contributed by atoms with Crippen LogP contribution in [-0.4, -0.2) is 26.3 Å². The van der Waals surface area contributed by atoms with Gasteiger partial charge in [-0.1, -0.05) is 60.7 Å². The maximum atomic E-state index is 12.8. The Morgan fingerprint density at radius 2 is 1.43 bits per heavy atom. The van der Waals surface area contributed by atoms with Gasteiger partial charge in [0.15, 0.2) is 12.1 Å². The molecule has 2 aromatic carbocycles. The number of Topliss-reactive ketones (excluding diaryl/α,β-unsaturated/α-hetero) is 1. The maximum absolute atomic E-state index is 12.8. The Morgan fingerprint density at radius 1 is 0.905 bits per heavy atom. The third-order valence-corrected chi connectivity index (χ3v) is 3.53. The van der Waals surface area contributed by atoms with Crippen LogP contribution in [0, 0.1) is 0 Å². The van der Waals surface area contributed by atoms with E-state index >= 15 is 0 Å². The summed E-state index contributed by atoms with van der Waals surface area (Å²) in [6.45, 7) is 0. The summed E-state index contributed by atoms with van der Waals surface area (Å²) < 4.78 is 10.5. The fourth-order valence-electron chi connectivity index (χ4n) is 2.36. The van der Waals surface area contributed by atoms with Crippen LogP contribution in [0.15, 0.2) is 60.7 Å². The van der Waals surface area contributed by atoms with Crippen LogP contribution in [-0.2, 0) is 9.47 Å². The normalized spacial score (nSPS) is 12.3. The molecule has 0 aliphatic rings. The Balaban J connectivity index is 2.30. The molecule has 2 rings (SSSR count). The molecule has 2 aromatic rings. The Kier molecular flexibility index (Phi) is 5.67. The van der Waals surface area contributed by atoms with E-state index in [4.69, 9.17) is 9.47 Å². The predicted octanol–water partition coefficient (Wildman–Crippen LogP) is 3.66. The van der Waals surface area contributed by atoms with Crippen molar-refractivity contribution in [2.45, 2.75) is 18.6 Å². The first-order chi connectivity index (χ1) is 10.3. The highest BCUT2D eigenvalue weighted by atomic mass is 16.7. The molecule has 0 aliphatic heterocycles. The van der Waals surface area contributed by atoms with Crippen LogP contribution in [0.1, 0.15) is 28.3 Å². The highest BCUT2D eigenvalue weighted by Crippen LogP contribution is 2.26. The molecule has 110 valence electrons. The van der Waals surface area contributed by atoms with Crippen LogP contribution in [0.3, 0.4) is 0 Å². The van der Waals surface area contributed by atoms with Gasteiger partial charge in [0.25, 0.3) is 0 Å². The van der Waals surface area contributed by atoms with Gasteiger partial charge in [-0.15, -0.1) is 0 Å². The monoisotopic (exact) mass is 284 g/mol. The van der Waals surface area contributed by atoms with Gasteiger partial charge in [-0.3, -0.25) is 4.79 Å². The Labute approximate surface area is 125 Å². The van der Waals surface area contributed by atoms with Crippen molar-refractivity contribution in [2.75, 3.05) is 14.2 Å². The molecule has 0 saturated heterocycles. The third-order valence-electron chi connectivity index (χ3n) is 3.53. The van der Waals surface area contributed by atoms with E-state index in [1.807, 2.05) is 60.7 Å². The molecule has 0 spiro atoms. The quantitative estimate of drug-likeness (QED) is 0.575. The lowest BCUT2D eigenvalue weighted by atomic mass is 9.88. The summed E-state index contributed by atoms with van der Waals surface area (Å²) in [5.74, 6) is -0.195. The van der Waals surface area contributed by atoms with Crippen LogP contribution in [0.25, 0.3) is 0 Å². The van der Waals surface area contributed by atoms with Gasteiger partial charge >= 0.3 is 0 Å². The molecule has 21 heavy (non-hydrogen) atoms. The van der Waals surface area contributed by atoms with Gasteiger partial charge in [-0.25, -0.2) is 0 Å². The molecule has 0 saturated carbocycles. The van der Waals surface area contributed by atoms with E-state index in [1.165, 1.54) is 0 Å². The average molecular weight is 284 g/mol. The SMILES string of the molecule is COC(CC(C(=O)c1ccccc1)c1ccccc1)OC. The fourth-order valence-corrected chi connectivity index (χ4v) is 2.36. The predicted molar refractivity (Wildman–Crippen MR) is 82.4 cm³/mol. The van der Waals surface area contributed by atoms with Gasteiger partial charge in [-0.05, 0) is 5.56 Å².